The number of hydrogen-bond acceptors (Lipinski definition) is 7. The first-order chi connectivity index (χ1) is 16.1. The molecule has 1 aliphatic heterocycles. The normalized spacial score (nSPS) is 17.3. The number of piperazine rings is 1. The summed E-state index contributed by atoms with van der Waals surface area (Å²) in [6.45, 7) is 2.21. The molecule has 2 N–H and O–H groups in total. The maximum Gasteiger partial charge on any atom is 0.407 e. The molecule has 2 aliphatic rings. The molecule has 1 saturated heterocycles. The molecule has 1 aliphatic carbocycles. The standard InChI is InChI=1S/C23H27N7O3/c31-20-9-6-16-14-25-22(27-21(16)30(20)17-4-2-1-3-5-17)26-19-8-7-18(15-24-19)28-10-12-29(13-11-28)23(32)33/h6-9,14-15,17H,1-5,10-13H2,(H,32,33)(H,24,25,26,27). The Kier molecular flexibility index (Phi) is 5.80. The number of amides is 1. The van der Waals surface area contributed by atoms with Gasteiger partial charge in [-0.05, 0) is 31.0 Å². The van der Waals surface area contributed by atoms with E-state index in [1.54, 1.807) is 24.5 Å². The van der Waals surface area contributed by atoms with Crippen LogP contribution in [0.1, 0.15) is 38.1 Å². The van der Waals surface area contributed by atoms with Crippen LogP contribution in [0, 0.1) is 0 Å². The van der Waals surface area contributed by atoms with Gasteiger partial charge in [0.25, 0.3) is 5.56 Å². The van der Waals surface area contributed by atoms with Crippen molar-refractivity contribution in [2.75, 3.05) is 36.4 Å². The fourth-order valence-corrected chi connectivity index (χ4v) is 4.71. The molecule has 0 radical (unpaired) electrons. The third-order valence-corrected chi connectivity index (χ3v) is 6.51. The van der Waals surface area contributed by atoms with Crippen molar-refractivity contribution in [3.63, 3.8) is 0 Å². The first kappa shape index (κ1) is 21.2. The molecule has 1 saturated carbocycles. The summed E-state index contributed by atoms with van der Waals surface area (Å²) < 4.78 is 1.83. The Morgan fingerprint density at radius 1 is 0.970 bits per heavy atom. The quantitative estimate of drug-likeness (QED) is 0.624. The van der Waals surface area contributed by atoms with E-state index in [2.05, 4.69) is 25.2 Å². The van der Waals surface area contributed by atoms with Crippen molar-refractivity contribution in [1.82, 2.24) is 24.4 Å². The smallest absolute Gasteiger partial charge is 0.407 e. The highest BCUT2D eigenvalue weighted by Crippen LogP contribution is 2.29. The Labute approximate surface area is 190 Å². The highest BCUT2D eigenvalue weighted by Gasteiger charge is 2.21. The van der Waals surface area contributed by atoms with Gasteiger partial charge in [-0.25, -0.2) is 14.8 Å². The number of nitrogens with zero attached hydrogens (tertiary/aromatic N) is 6. The van der Waals surface area contributed by atoms with E-state index >= 15 is 0 Å². The Hall–Kier alpha value is -3.69. The highest BCUT2D eigenvalue weighted by molar-refractivity contribution is 5.75. The van der Waals surface area contributed by atoms with E-state index in [0.29, 0.717) is 43.6 Å². The SMILES string of the molecule is O=C(O)N1CCN(c2ccc(Nc3ncc4ccc(=O)n(C5CCCCC5)c4n3)nc2)CC1. The number of carbonyl (C=O) groups is 1. The molecule has 3 aromatic heterocycles. The largest absolute Gasteiger partial charge is 0.465 e. The van der Waals surface area contributed by atoms with Crippen LogP contribution in [0.2, 0.25) is 0 Å². The minimum absolute atomic E-state index is 0.0236. The lowest BCUT2D eigenvalue weighted by Crippen LogP contribution is -2.48. The van der Waals surface area contributed by atoms with Crippen LogP contribution in [-0.4, -0.2) is 61.8 Å². The molecule has 33 heavy (non-hydrogen) atoms. The van der Waals surface area contributed by atoms with Gasteiger partial charge in [-0.3, -0.25) is 9.36 Å². The molecular weight excluding hydrogens is 422 g/mol. The summed E-state index contributed by atoms with van der Waals surface area (Å²) in [4.78, 5) is 40.9. The second-order valence-electron chi connectivity index (χ2n) is 8.59. The number of nitrogens with one attached hydrogen (secondary N) is 1. The molecule has 0 atom stereocenters. The van der Waals surface area contributed by atoms with Crippen molar-refractivity contribution >= 4 is 34.6 Å². The fourth-order valence-electron chi connectivity index (χ4n) is 4.71. The van der Waals surface area contributed by atoms with Gasteiger partial charge in [0.05, 0.1) is 11.9 Å². The number of rotatable bonds is 4. The second kappa shape index (κ2) is 9.05. The van der Waals surface area contributed by atoms with Crippen LogP contribution in [0.15, 0.2) is 41.5 Å². The van der Waals surface area contributed by atoms with Crippen LogP contribution in [0.5, 0.6) is 0 Å². The summed E-state index contributed by atoms with van der Waals surface area (Å²) in [5.41, 5.74) is 1.57. The van der Waals surface area contributed by atoms with E-state index in [1.807, 2.05) is 16.7 Å². The topological polar surface area (TPSA) is 116 Å². The lowest BCUT2D eigenvalue weighted by atomic mass is 9.95. The molecule has 172 valence electrons. The van der Waals surface area contributed by atoms with E-state index < -0.39 is 6.09 Å². The van der Waals surface area contributed by atoms with E-state index in [-0.39, 0.29) is 11.6 Å². The maximum atomic E-state index is 12.7. The van der Waals surface area contributed by atoms with E-state index in [9.17, 15) is 9.59 Å². The van der Waals surface area contributed by atoms with Gasteiger partial charge < -0.3 is 20.2 Å². The van der Waals surface area contributed by atoms with Crippen molar-refractivity contribution in [1.29, 1.82) is 0 Å². The van der Waals surface area contributed by atoms with Gasteiger partial charge in [0, 0.05) is 49.9 Å². The first-order valence-corrected chi connectivity index (χ1v) is 11.4. The number of hydrogen-bond donors (Lipinski definition) is 2. The molecule has 0 unspecified atom stereocenters. The van der Waals surface area contributed by atoms with Crippen LogP contribution in [-0.2, 0) is 0 Å². The lowest BCUT2D eigenvalue weighted by molar-refractivity contribution is 0.142. The van der Waals surface area contributed by atoms with E-state index in [1.165, 1.54) is 11.3 Å². The molecule has 10 heteroatoms. The van der Waals surface area contributed by atoms with E-state index in [0.717, 1.165) is 36.8 Å². The van der Waals surface area contributed by atoms with Gasteiger partial charge in [-0.15, -0.1) is 0 Å². The molecule has 0 spiro atoms. The monoisotopic (exact) mass is 449 g/mol. The number of anilines is 3. The average Bonchev–Trinajstić information content (AvgIpc) is 2.85. The summed E-state index contributed by atoms with van der Waals surface area (Å²) in [6, 6.07) is 7.36. The highest BCUT2D eigenvalue weighted by atomic mass is 16.4. The molecular formula is C23H27N7O3. The van der Waals surface area contributed by atoms with Crippen LogP contribution in [0.25, 0.3) is 11.0 Å². The Bertz CT molecular complexity index is 1200. The number of aromatic nitrogens is 4. The van der Waals surface area contributed by atoms with Gasteiger partial charge >= 0.3 is 6.09 Å². The maximum absolute atomic E-state index is 12.7. The van der Waals surface area contributed by atoms with Gasteiger partial charge in [0.1, 0.15) is 11.5 Å². The number of carboxylic acid groups (broad SMARTS) is 1. The van der Waals surface area contributed by atoms with Crippen LogP contribution >= 0.6 is 0 Å². The first-order valence-electron chi connectivity index (χ1n) is 11.4. The third kappa shape index (κ3) is 4.46. The van der Waals surface area contributed by atoms with Crippen LogP contribution in [0.3, 0.4) is 0 Å². The zero-order valence-corrected chi connectivity index (χ0v) is 18.4. The molecule has 2 fully saturated rings. The summed E-state index contributed by atoms with van der Waals surface area (Å²) >= 11 is 0. The Morgan fingerprint density at radius 3 is 2.45 bits per heavy atom. The van der Waals surface area contributed by atoms with Crippen LogP contribution < -0.4 is 15.8 Å². The minimum Gasteiger partial charge on any atom is -0.465 e. The molecule has 0 bridgehead atoms. The van der Waals surface area contributed by atoms with Crippen molar-refractivity contribution in [3.8, 4) is 0 Å². The summed E-state index contributed by atoms with van der Waals surface area (Å²) in [5.74, 6) is 0.998. The fraction of sp³-hybridized carbons (Fsp3) is 0.435. The molecule has 1 amide bonds. The number of fused-ring (bicyclic) bond motifs is 1. The van der Waals surface area contributed by atoms with Crippen molar-refractivity contribution in [2.24, 2.45) is 0 Å². The van der Waals surface area contributed by atoms with Gasteiger partial charge in [0.15, 0.2) is 0 Å². The number of pyridine rings is 2. The minimum atomic E-state index is -0.878. The molecule has 0 aromatic carbocycles. The summed E-state index contributed by atoms with van der Waals surface area (Å²) in [7, 11) is 0. The lowest BCUT2D eigenvalue weighted by Gasteiger charge is -2.34. The van der Waals surface area contributed by atoms with Crippen molar-refractivity contribution < 1.29 is 9.90 Å². The zero-order valence-electron chi connectivity index (χ0n) is 18.4. The van der Waals surface area contributed by atoms with E-state index in [4.69, 9.17) is 5.11 Å². The Balaban J connectivity index is 1.34. The second-order valence-corrected chi connectivity index (χ2v) is 8.59. The Morgan fingerprint density at radius 2 is 1.76 bits per heavy atom. The van der Waals surface area contributed by atoms with Gasteiger partial charge in [-0.1, -0.05) is 19.3 Å². The van der Waals surface area contributed by atoms with Gasteiger partial charge in [0.2, 0.25) is 5.95 Å². The van der Waals surface area contributed by atoms with Crippen molar-refractivity contribution in [3.05, 3.63) is 47.0 Å². The third-order valence-electron chi connectivity index (χ3n) is 6.51. The van der Waals surface area contributed by atoms with Crippen LogP contribution in [0.4, 0.5) is 22.2 Å². The predicted molar refractivity (Wildman–Crippen MR) is 125 cm³/mol. The summed E-state index contributed by atoms with van der Waals surface area (Å²) in [6.07, 6.45) is 8.09. The van der Waals surface area contributed by atoms with Crippen molar-refractivity contribution in [2.45, 2.75) is 38.1 Å². The molecule has 3 aromatic rings. The molecule has 4 heterocycles. The predicted octanol–water partition coefficient (Wildman–Crippen LogP) is 3.24. The average molecular weight is 450 g/mol. The summed E-state index contributed by atoms with van der Waals surface area (Å²) in [5, 5.41) is 13.1. The molecule has 5 rings (SSSR count). The zero-order chi connectivity index (χ0) is 22.8. The molecule has 10 nitrogen and oxygen atoms in total. The van der Waals surface area contributed by atoms with Gasteiger partial charge in [-0.2, -0.15) is 4.98 Å².